The number of thiazole rings is 1. The van der Waals surface area contributed by atoms with Crippen LogP contribution in [0.5, 0.6) is 0 Å². The summed E-state index contributed by atoms with van der Waals surface area (Å²) in [4.78, 5) is 37.1. The van der Waals surface area contributed by atoms with Gasteiger partial charge >= 0.3 is 6.18 Å². The highest BCUT2D eigenvalue weighted by molar-refractivity contribution is 7.22. The van der Waals surface area contributed by atoms with Gasteiger partial charge in [0.05, 0.1) is 15.8 Å². The number of rotatable bonds is 6. The second-order valence-corrected chi connectivity index (χ2v) is 9.31. The lowest BCUT2D eigenvalue weighted by Gasteiger charge is -2.13. The third kappa shape index (κ3) is 5.49. The van der Waals surface area contributed by atoms with Crippen LogP contribution in [0.15, 0.2) is 73.1 Å². The number of aryl methyl sites for hydroxylation is 1. The molecule has 12 heteroatoms. The average molecular weight is 537 g/mol. The van der Waals surface area contributed by atoms with Crippen molar-refractivity contribution in [2.45, 2.75) is 13.1 Å². The summed E-state index contributed by atoms with van der Waals surface area (Å²) in [6, 6.07) is 14.1. The summed E-state index contributed by atoms with van der Waals surface area (Å²) in [5.74, 6) is -0.519. The van der Waals surface area contributed by atoms with Gasteiger partial charge in [0, 0.05) is 34.9 Å². The van der Waals surface area contributed by atoms with Gasteiger partial charge in [-0.05, 0) is 61.0 Å². The molecule has 2 heterocycles. The van der Waals surface area contributed by atoms with E-state index < -0.39 is 17.6 Å². The van der Waals surface area contributed by atoms with Gasteiger partial charge in [0.2, 0.25) is 5.95 Å². The first-order valence-electron chi connectivity index (χ1n) is 11.2. The Labute approximate surface area is 218 Å². The second kappa shape index (κ2) is 9.98. The molecule has 0 spiro atoms. The summed E-state index contributed by atoms with van der Waals surface area (Å²) in [5, 5.41) is 9.10. The van der Waals surface area contributed by atoms with Crippen LogP contribution in [-0.4, -0.2) is 26.8 Å². The molecule has 0 saturated heterocycles. The van der Waals surface area contributed by atoms with E-state index in [0.29, 0.717) is 28.0 Å². The summed E-state index contributed by atoms with van der Waals surface area (Å²) in [5.41, 5.74) is 1.58. The molecule has 0 unspecified atom stereocenters. The predicted octanol–water partition coefficient (Wildman–Crippen LogP) is 6.59. The number of nitrogens with one attached hydrogen (secondary N) is 4. The van der Waals surface area contributed by atoms with E-state index in [9.17, 15) is 22.8 Å². The molecular formula is C26H19F3N6O2S. The number of imidazole rings is 1. The molecule has 0 saturated carbocycles. The van der Waals surface area contributed by atoms with Crippen LogP contribution in [0, 0.1) is 6.92 Å². The van der Waals surface area contributed by atoms with E-state index in [1.165, 1.54) is 23.5 Å². The van der Waals surface area contributed by atoms with Crippen LogP contribution in [0.1, 0.15) is 31.8 Å². The maximum absolute atomic E-state index is 13.0. The van der Waals surface area contributed by atoms with E-state index in [1.807, 2.05) is 0 Å². The molecule has 5 aromatic rings. The molecule has 0 atom stereocenters. The minimum Gasteiger partial charge on any atom is -0.331 e. The van der Waals surface area contributed by atoms with Crippen molar-refractivity contribution in [1.29, 1.82) is 0 Å². The number of aromatic nitrogens is 3. The fourth-order valence-corrected chi connectivity index (χ4v) is 4.53. The SMILES string of the molecule is Cc1ccc(NC(=O)c2cccc(C(F)(F)F)c2)cc1NC(=O)c1ccc2nc(Nc3ncc[nH]3)sc2c1. The molecule has 4 N–H and O–H groups in total. The summed E-state index contributed by atoms with van der Waals surface area (Å²) >= 11 is 1.37. The predicted molar refractivity (Wildman–Crippen MR) is 140 cm³/mol. The molecule has 2 aromatic heterocycles. The van der Waals surface area contributed by atoms with Gasteiger partial charge in [-0.25, -0.2) is 9.97 Å². The molecule has 192 valence electrons. The number of aromatic amines is 1. The number of hydrogen-bond acceptors (Lipinski definition) is 6. The smallest absolute Gasteiger partial charge is 0.331 e. The average Bonchev–Trinajstić information content (AvgIpc) is 3.54. The molecule has 0 aliphatic rings. The molecule has 0 radical (unpaired) electrons. The fourth-order valence-electron chi connectivity index (χ4n) is 3.62. The highest BCUT2D eigenvalue weighted by Crippen LogP contribution is 2.31. The van der Waals surface area contributed by atoms with Gasteiger partial charge in [-0.2, -0.15) is 13.2 Å². The van der Waals surface area contributed by atoms with Crippen molar-refractivity contribution in [1.82, 2.24) is 15.0 Å². The zero-order valence-electron chi connectivity index (χ0n) is 19.7. The Morgan fingerprint density at radius 3 is 2.50 bits per heavy atom. The molecule has 0 bridgehead atoms. The first kappa shape index (κ1) is 25.0. The maximum atomic E-state index is 13.0. The molecule has 0 fully saturated rings. The zero-order valence-corrected chi connectivity index (χ0v) is 20.5. The number of halogens is 3. The zero-order chi connectivity index (χ0) is 26.9. The number of alkyl halides is 3. The standard InChI is InChI=1S/C26H19F3N6O2S/c1-14-5-7-18(32-22(36)15-3-2-4-17(11-15)26(27,28)29)13-20(14)33-23(37)16-6-8-19-21(12-16)38-25(34-19)35-24-30-9-10-31-24/h2-13H,1H3,(H,32,36)(H,33,37)(H2,30,31,34,35). The van der Waals surface area contributed by atoms with Crippen molar-refractivity contribution in [3.63, 3.8) is 0 Å². The molecule has 0 aliphatic carbocycles. The quantitative estimate of drug-likeness (QED) is 0.196. The Morgan fingerprint density at radius 2 is 1.74 bits per heavy atom. The van der Waals surface area contributed by atoms with E-state index >= 15 is 0 Å². The number of benzene rings is 3. The lowest BCUT2D eigenvalue weighted by molar-refractivity contribution is -0.137. The Balaban J connectivity index is 1.31. The minimum atomic E-state index is -4.56. The molecule has 0 aliphatic heterocycles. The van der Waals surface area contributed by atoms with Crippen molar-refractivity contribution in [2.24, 2.45) is 0 Å². The van der Waals surface area contributed by atoms with Gasteiger partial charge in [0.1, 0.15) is 0 Å². The van der Waals surface area contributed by atoms with Gasteiger partial charge in [0.25, 0.3) is 11.8 Å². The Morgan fingerprint density at radius 1 is 0.947 bits per heavy atom. The summed E-state index contributed by atoms with van der Waals surface area (Å²) in [6.07, 6.45) is -1.25. The normalized spacial score (nSPS) is 11.4. The van der Waals surface area contributed by atoms with Gasteiger partial charge < -0.3 is 20.9 Å². The number of amides is 2. The minimum absolute atomic E-state index is 0.134. The fraction of sp³-hybridized carbons (Fsp3) is 0.0769. The lowest BCUT2D eigenvalue weighted by Crippen LogP contribution is -2.15. The molecule has 8 nitrogen and oxygen atoms in total. The van der Waals surface area contributed by atoms with Crippen LogP contribution < -0.4 is 16.0 Å². The van der Waals surface area contributed by atoms with Gasteiger partial charge in [-0.1, -0.05) is 23.5 Å². The monoisotopic (exact) mass is 536 g/mol. The largest absolute Gasteiger partial charge is 0.416 e. The Hall–Kier alpha value is -4.71. The van der Waals surface area contributed by atoms with Crippen LogP contribution in [0.4, 0.5) is 35.6 Å². The number of hydrogen-bond donors (Lipinski definition) is 4. The van der Waals surface area contributed by atoms with E-state index in [0.717, 1.165) is 27.9 Å². The van der Waals surface area contributed by atoms with Gasteiger partial charge in [-0.15, -0.1) is 0 Å². The third-order valence-electron chi connectivity index (χ3n) is 5.57. The van der Waals surface area contributed by atoms with Crippen molar-refractivity contribution < 1.29 is 22.8 Å². The van der Waals surface area contributed by atoms with Crippen LogP contribution in [0.25, 0.3) is 10.2 Å². The van der Waals surface area contributed by atoms with Crippen LogP contribution in [-0.2, 0) is 6.18 Å². The molecule has 38 heavy (non-hydrogen) atoms. The van der Waals surface area contributed by atoms with Gasteiger partial charge in [0.15, 0.2) is 5.13 Å². The number of nitrogens with zero attached hydrogens (tertiary/aromatic N) is 2. The molecule has 3 aromatic carbocycles. The molecule has 5 rings (SSSR count). The number of carbonyl (C=O) groups is 2. The van der Waals surface area contributed by atoms with E-state index in [1.54, 1.807) is 55.7 Å². The van der Waals surface area contributed by atoms with Gasteiger partial charge in [-0.3, -0.25) is 9.59 Å². The first-order chi connectivity index (χ1) is 18.2. The number of anilines is 4. The number of H-pyrrole nitrogens is 1. The number of carbonyl (C=O) groups excluding carboxylic acids is 2. The topological polar surface area (TPSA) is 112 Å². The molecular weight excluding hydrogens is 517 g/mol. The van der Waals surface area contributed by atoms with E-state index in [4.69, 9.17) is 0 Å². The summed E-state index contributed by atoms with van der Waals surface area (Å²) < 4.78 is 39.8. The second-order valence-electron chi connectivity index (χ2n) is 8.28. The first-order valence-corrected chi connectivity index (χ1v) is 12.0. The Kier molecular flexibility index (Phi) is 6.55. The van der Waals surface area contributed by atoms with Crippen LogP contribution in [0.2, 0.25) is 0 Å². The summed E-state index contributed by atoms with van der Waals surface area (Å²) in [7, 11) is 0. The highest BCUT2D eigenvalue weighted by Gasteiger charge is 2.30. The highest BCUT2D eigenvalue weighted by atomic mass is 32.1. The third-order valence-corrected chi connectivity index (χ3v) is 6.50. The van der Waals surface area contributed by atoms with Crippen molar-refractivity contribution in [3.05, 3.63) is 95.3 Å². The van der Waals surface area contributed by atoms with Crippen LogP contribution >= 0.6 is 11.3 Å². The van der Waals surface area contributed by atoms with Crippen molar-refractivity contribution in [2.75, 3.05) is 16.0 Å². The Bertz CT molecular complexity index is 1650. The van der Waals surface area contributed by atoms with Crippen molar-refractivity contribution in [3.8, 4) is 0 Å². The maximum Gasteiger partial charge on any atom is 0.416 e. The van der Waals surface area contributed by atoms with Crippen LogP contribution in [0.3, 0.4) is 0 Å². The van der Waals surface area contributed by atoms with E-state index in [-0.39, 0.29) is 11.5 Å². The summed E-state index contributed by atoms with van der Waals surface area (Å²) in [6.45, 7) is 1.78. The number of fused-ring (bicyclic) bond motifs is 1. The molecule has 2 amide bonds. The lowest BCUT2D eigenvalue weighted by atomic mass is 10.1. The van der Waals surface area contributed by atoms with E-state index in [2.05, 4.69) is 30.9 Å². The van der Waals surface area contributed by atoms with Crippen molar-refractivity contribution >= 4 is 55.8 Å².